The number of nitrogens with zero attached hydrogens (tertiary/aromatic N) is 9. The van der Waals surface area contributed by atoms with Crippen LogP contribution in [-0.4, -0.2) is 86.6 Å². The van der Waals surface area contributed by atoms with Crippen molar-refractivity contribution in [1.29, 1.82) is 0 Å². The highest BCUT2D eigenvalue weighted by molar-refractivity contribution is 6.77. The molecule has 4 aromatic heterocycles. The summed E-state index contributed by atoms with van der Waals surface area (Å²) in [4.78, 5) is 18.7. The van der Waals surface area contributed by atoms with E-state index in [1.165, 1.54) is 6.42 Å². The smallest absolute Gasteiger partial charge is 0.320 e. The van der Waals surface area contributed by atoms with Gasteiger partial charge in [-0.15, -0.1) is 10.2 Å². The molecule has 2 amide bonds. The zero-order chi connectivity index (χ0) is 44.5. The number of hydrogen-bond acceptors (Lipinski definition) is 9. The number of aromatic nitrogens is 7. The first kappa shape index (κ1) is 45.3. The van der Waals surface area contributed by atoms with Crippen LogP contribution in [0.15, 0.2) is 54.9 Å². The van der Waals surface area contributed by atoms with E-state index in [0.717, 1.165) is 77.9 Å². The number of rotatable bonds is 15. The zero-order valence-electron chi connectivity index (χ0n) is 39.3. The van der Waals surface area contributed by atoms with Gasteiger partial charge in [0.05, 0.1) is 37.3 Å². The third-order valence-electron chi connectivity index (χ3n) is 13.1. The summed E-state index contributed by atoms with van der Waals surface area (Å²) in [6.07, 6.45) is 8.86. The second kappa shape index (κ2) is 18.5. The maximum atomic E-state index is 14.2. The molecular formula is C47H71N11O3Si. The van der Waals surface area contributed by atoms with Gasteiger partial charge < -0.3 is 24.3 Å². The van der Waals surface area contributed by atoms with Crippen molar-refractivity contribution in [2.24, 2.45) is 0 Å². The van der Waals surface area contributed by atoms with Gasteiger partial charge in [0, 0.05) is 30.6 Å². The van der Waals surface area contributed by atoms with Crippen LogP contribution in [0.25, 0.3) is 11.3 Å². The summed E-state index contributed by atoms with van der Waals surface area (Å²) < 4.78 is 19.8. The summed E-state index contributed by atoms with van der Waals surface area (Å²) >= 11 is 0. The number of carbonyl (C=O) groups is 1. The van der Waals surface area contributed by atoms with E-state index in [4.69, 9.17) is 19.4 Å². The number of amides is 2. The SMILES string of the molecule is CC1CCCCN1c1nnc2ccc(OC3CCC(NC(=O)Nc4cc(C(C)(C)C)nn4-c4cn(CCN(C)C)nc4CO[Si](C(C)C)(C(C)C)C(C)C)c4ccccc43)cn12. The van der Waals surface area contributed by atoms with Crippen molar-refractivity contribution in [3.8, 4) is 11.4 Å². The Morgan fingerprint density at radius 3 is 2.32 bits per heavy atom. The molecule has 0 bridgehead atoms. The minimum atomic E-state index is -2.21. The molecule has 1 aliphatic carbocycles. The van der Waals surface area contributed by atoms with Gasteiger partial charge in [-0.2, -0.15) is 10.2 Å². The molecule has 3 atom stereocenters. The van der Waals surface area contributed by atoms with E-state index in [1.54, 1.807) is 0 Å². The number of likely N-dealkylation sites (N-methyl/N-ethyl adjacent to an activating group) is 1. The molecule has 336 valence electrons. The van der Waals surface area contributed by atoms with Crippen molar-refractivity contribution in [3.63, 3.8) is 0 Å². The van der Waals surface area contributed by atoms with E-state index in [1.807, 2.05) is 52.1 Å². The summed E-state index contributed by atoms with van der Waals surface area (Å²) in [5, 5.41) is 25.8. The third-order valence-corrected chi connectivity index (χ3v) is 19.2. The Labute approximate surface area is 369 Å². The van der Waals surface area contributed by atoms with Crippen LogP contribution in [0, 0.1) is 0 Å². The number of hydrogen-bond donors (Lipinski definition) is 2. The van der Waals surface area contributed by atoms with E-state index in [-0.39, 0.29) is 23.6 Å². The Hall–Kier alpha value is -4.73. The van der Waals surface area contributed by atoms with E-state index in [0.29, 0.717) is 48.1 Å². The second-order valence-electron chi connectivity index (χ2n) is 19.8. The van der Waals surface area contributed by atoms with Crippen molar-refractivity contribution >= 4 is 31.8 Å². The van der Waals surface area contributed by atoms with Crippen molar-refractivity contribution in [2.45, 2.75) is 155 Å². The average Bonchev–Trinajstić information content (AvgIpc) is 3.95. The topological polar surface area (TPSA) is 132 Å². The van der Waals surface area contributed by atoms with E-state index in [2.05, 4.69) is 130 Å². The van der Waals surface area contributed by atoms with Crippen LogP contribution in [0.5, 0.6) is 5.75 Å². The fraction of sp³-hybridized carbons (Fsp3) is 0.596. The molecule has 0 radical (unpaired) electrons. The minimum absolute atomic E-state index is 0.178. The molecule has 1 saturated heterocycles. The molecule has 14 nitrogen and oxygen atoms in total. The quantitative estimate of drug-likeness (QED) is 0.0988. The van der Waals surface area contributed by atoms with Crippen LogP contribution in [0.2, 0.25) is 16.6 Å². The van der Waals surface area contributed by atoms with Gasteiger partial charge in [0.2, 0.25) is 14.3 Å². The van der Waals surface area contributed by atoms with Gasteiger partial charge in [0.15, 0.2) is 5.65 Å². The van der Waals surface area contributed by atoms with Crippen LogP contribution in [0.3, 0.4) is 0 Å². The number of nitrogens with one attached hydrogen (secondary N) is 2. The first-order valence-electron chi connectivity index (χ1n) is 22.9. The van der Waals surface area contributed by atoms with Gasteiger partial charge in [0.1, 0.15) is 29.1 Å². The Balaban J connectivity index is 1.13. The third kappa shape index (κ3) is 9.45. The Morgan fingerprint density at radius 1 is 0.919 bits per heavy atom. The second-order valence-corrected chi connectivity index (χ2v) is 25.3. The Morgan fingerprint density at radius 2 is 1.65 bits per heavy atom. The summed E-state index contributed by atoms with van der Waals surface area (Å²) in [6, 6.07) is 14.1. The minimum Gasteiger partial charge on any atom is -0.484 e. The molecule has 1 aliphatic heterocycles. The van der Waals surface area contributed by atoms with E-state index >= 15 is 0 Å². The van der Waals surface area contributed by atoms with Crippen LogP contribution in [0.1, 0.15) is 136 Å². The van der Waals surface area contributed by atoms with Crippen molar-refractivity contribution in [1.82, 2.24) is 44.4 Å². The number of anilines is 2. The lowest BCUT2D eigenvalue weighted by molar-refractivity contribution is 0.171. The molecule has 1 fully saturated rings. The lowest BCUT2D eigenvalue weighted by Crippen LogP contribution is -2.47. The molecular weight excluding hydrogens is 795 g/mol. The molecule has 0 saturated carbocycles. The molecule has 5 heterocycles. The van der Waals surface area contributed by atoms with Gasteiger partial charge in [-0.05, 0) is 93.0 Å². The Kier molecular flexibility index (Phi) is 13.5. The summed E-state index contributed by atoms with van der Waals surface area (Å²) in [5.41, 5.74) is 6.40. The average molecular weight is 866 g/mol. The van der Waals surface area contributed by atoms with Gasteiger partial charge in [-0.3, -0.25) is 14.4 Å². The predicted molar refractivity (Wildman–Crippen MR) is 250 cm³/mol. The fourth-order valence-corrected chi connectivity index (χ4v) is 15.3. The van der Waals surface area contributed by atoms with Crippen LogP contribution < -0.4 is 20.3 Å². The van der Waals surface area contributed by atoms with E-state index < -0.39 is 8.32 Å². The van der Waals surface area contributed by atoms with Gasteiger partial charge in [-0.1, -0.05) is 86.6 Å². The van der Waals surface area contributed by atoms with Crippen LogP contribution in [-0.2, 0) is 23.0 Å². The van der Waals surface area contributed by atoms with Crippen LogP contribution >= 0.6 is 0 Å². The largest absolute Gasteiger partial charge is 0.484 e. The summed E-state index contributed by atoms with van der Waals surface area (Å²) in [7, 11) is 1.92. The van der Waals surface area contributed by atoms with Crippen LogP contribution in [0.4, 0.5) is 16.6 Å². The highest BCUT2D eigenvalue weighted by Crippen LogP contribution is 2.43. The van der Waals surface area contributed by atoms with Gasteiger partial charge in [-0.25, -0.2) is 9.48 Å². The molecule has 7 rings (SSSR count). The summed E-state index contributed by atoms with van der Waals surface area (Å²) in [6.45, 7) is 25.4. The summed E-state index contributed by atoms with van der Waals surface area (Å²) in [5.74, 6) is 2.20. The number of pyridine rings is 1. The van der Waals surface area contributed by atoms with Crippen molar-refractivity contribution in [3.05, 3.63) is 77.4 Å². The van der Waals surface area contributed by atoms with Crippen molar-refractivity contribution in [2.75, 3.05) is 37.4 Å². The molecule has 15 heteroatoms. The number of fused-ring (bicyclic) bond motifs is 2. The number of urea groups is 1. The maximum absolute atomic E-state index is 14.2. The first-order chi connectivity index (χ1) is 29.5. The van der Waals surface area contributed by atoms with Crippen molar-refractivity contribution < 1.29 is 14.0 Å². The van der Waals surface area contributed by atoms with Gasteiger partial charge >= 0.3 is 6.03 Å². The lowest BCUT2D eigenvalue weighted by atomic mass is 9.85. The standard InChI is InChI=1S/C47H71N11O3Si/c1-31(2)62(32(3)4,33(5)6)60-30-39-40(29-55(52-39)26-25-54(11)12)58-44(27-42(53-58)47(8,9)10)49-45(59)48-38-21-22-41(37-19-14-13-18-36(37)38)61-35-20-23-43-50-51-46(57(43)28-35)56-24-16-15-17-34(56)7/h13-14,18-20,23,27-29,31-34,38,41H,15-17,21-22,24-26,30H2,1-12H3,(H2,48,49,59). The number of ether oxygens (including phenoxy) is 1. The number of piperidine rings is 1. The molecule has 2 aliphatic rings. The molecule has 5 aromatic rings. The lowest BCUT2D eigenvalue weighted by Gasteiger charge is -2.42. The maximum Gasteiger partial charge on any atom is 0.320 e. The fourth-order valence-electron chi connectivity index (χ4n) is 9.88. The molecule has 2 N–H and O–H groups in total. The number of carbonyl (C=O) groups excluding carboxylic acids is 1. The molecule has 3 unspecified atom stereocenters. The monoisotopic (exact) mass is 866 g/mol. The normalized spacial score (nSPS) is 18.6. The highest BCUT2D eigenvalue weighted by atomic mass is 28.4. The zero-order valence-corrected chi connectivity index (χ0v) is 40.3. The molecule has 62 heavy (non-hydrogen) atoms. The molecule has 1 aromatic carbocycles. The highest BCUT2D eigenvalue weighted by Gasteiger charge is 2.45. The first-order valence-corrected chi connectivity index (χ1v) is 25.0. The van der Waals surface area contributed by atoms with E-state index in [9.17, 15) is 4.79 Å². The predicted octanol–water partition coefficient (Wildman–Crippen LogP) is 9.82. The molecule has 0 spiro atoms. The Bertz CT molecular complexity index is 2280. The number of benzene rings is 1. The van der Waals surface area contributed by atoms with Gasteiger partial charge in [0.25, 0.3) is 0 Å².